The summed E-state index contributed by atoms with van der Waals surface area (Å²) < 4.78 is 0.695. The molecule has 0 saturated carbocycles. The van der Waals surface area contributed by atoms with Crippen molar-refractivity contribution in [2.75, 3.05) is 0 Å². The molecule has 2 nitrogen and oxygen atoms in total. The average Bonchev–Trinajstić information content (AvgIpc) is 1.95. The molecule has 0 amide bonds. The number of rotatable bonds is 0. The number of halogens is 2. The standard InChI is InChI=1S/C6H2BrClN2/c7-5-1-4(2-9)10-3-6(5)8/h1,3H. The van der Waals surface area contributed by atoms with Gasteiger partial charge in [-0.2, -0.15) is 5.26 Å². The normalized spacial score (nSPS) is 8.90. The molecule has 1 rings (SSSR count). The van der Waals surface area contributed by atoms with Gasteiger partial charge in [0.2, 0.25) is 0 Å². The lowest BCUT2D eigenvalue weighted by Crippen LogP contribution is -1.80. The highest BCUT2D eigenvalue weighted by atomic mass is 79.9. The summed E-state index contributed by atoms with van der Waals surface area (Å²) in [6.07, 6.45) is 1.43. The van der Waals surface area contributed by atoms with Gasteiger partial charge in [0.05, 0.1) is 5.02 Å². The van der Waals surface area contributed by atoms with Crippen molar-refractivity contribution in [3.63, 3.8) is 0 Å². The van der Waals surface area contributed by atoms with Crippen molar-refractivity contribution >= 4 is 27.5 Å². The third kappa shape index (κ3) is 1.47. The smallest absolute Gasteiger partial charge is 0.141 e. The van der Waals surface area contributed by atoms with Crippen LogP contribution in [0.4, 0.5) is 0 Å². The summed E-state index contributed by atoms with van der Waals surface area (Å²) in [4.78, 5) is 3.73. The topological polar surface area (TPSA) is 36.7 Å². The molecular weight excluding hydrogens is 215 g/mol. The van der Waals surface area contributed by atoms with E-state index in [1.807, 2.05) is 6.07 Å². The van der Waals surface area contributed by atoms with E-state index in [0.29, 0.717) is 15.2 Å². The van der Waals surface area contributed by atoms with Crippen LogP contribution in [-0.2, 0) is 0 Å². The molecule has 0 fully saturated rings. The lowest BCUT2D eigenvalue weighted by atomic mass is 10.4. The Bertz CT molecular complexity index is 292. The van der Waals surface area contributed by atoms with Gasteiger partial charge in [-0.05, 0) is 22.0 Å². The van der Waals surface area contributed by atoms with Gasteiger partial charge in [-0.1, -0.05) is 11.6 Å². The number of pyridine rings is 1. The van der Waals surface area contributed by atoms with Crippen LogP contribution >= 0.6 is 27.5 Å². The molecule has 0 radical (unpaired) electrons. The molecule has 0 aliphatic rings. The van der Waals surface area contributed by atoms with Crippen molar-refractivity contribution in [1.82, 2.24) is 4.98 Å². The first-order valence-corrected chi connectivity index (χ1v) is 3.62. The van der Waals surface area contributed by atoms with Crippen LogP contribution in [0.25, 0.3) is 0 Å². The third-order valence-electron chi connectivity index (χ3n) is 0.923. The minimum Gasteiger partial charge on any atom is -0.244 e. The summed E-state index contributed by atoms with van der Waals surface area (Å²) in [5, 5.41) is 8.89. The first-order valence-electron chi connectivity index (χ1n) is 2.45. The Kier molecular flexibility index (Phi) is 2.25. The quantitative estimate of drug-likeness (QED) is 0.669. The molecule has 0 aromatic carbocycles. The molecule has 0 aliphatic carbocycles. The predicted molar refractivity (Wildman–Crippen MR) is 41.7 cm³/mol. The molecule has 0 unspecified atom stereocenters. The first-order chi connectivity index (χ1) is 4.74. The lowest BCUT2D eigenvalue weighted by Gasteiger charge is -1.92. The highest BCUT2D eigenvalue weighted by molar-refractivity contribution is 9.10. The summed E-state index contributed by atoms with van der Waals surface area (Å²) in [6.45, 7) is 0. The monoisotopic (exact) mass is 216 g/mol. The zero-order valence-electron chi connectivity index (χ0n) is 4.81. The molecule has 50 valence electrons. The van der Waals surface area contributed by atoms with E-state index in [-0.39, 0.29) is 0 Å². The summed E-state index contributed by atoms with van der Waals surface area (Å²) >= 11 is 8.78. The second-order valence-corrected chi connectivity index (χ2v) is 2.86. The number of aromatic nitrogens is 1. The second-order valence-electron chi connectivity index (χ2n) is 1.60. The second kappa shape index (κ2) is 3.00. The molecule has 1 heterocycles. The summed E-state index contributed by atoms with van der Waals surface area (Å²) in [6, 6.07) is 3.47. The number of nitrogens with zero attached hydrogens (tertiary/aromatic N) is 2. The maximum absolute atomic E-state index is 8.38. The van der Waals surface area contributed by atoms with Crippen LogP contribution in [0.1, 0.15) is 5.69 Å². The van der Waals surface area contributed by atoms with E-state index in [9.17, 15) is 0 Å². The zero-order chi connectivity index (χ0) is 7.56. The Morgan fingerprint density at radius 3 is 2.90 bits per heavy atom. The minimum atomic E-state index is 0.358. The number of hydrogen-bond donors (Lipinski definition) is 0. The molecule has 1 aromatic rings. The molecule has 0 spiro atoms. The molecular formula is C6H2BrClN2. The highest BCUT2D eigenvalue weighted by Crippen LogP contribution is 2.20. The van der Waals surface area contributed by atoms with Gasteiger partial charge in [0, 0.05) is 10.7 Å². The van der Waals surface area contributed by atoms with Gasteiger partial charge in [-0.15, -0.1) is 0 Å². The van der Waals surface area contributed by atoms with Gasteiger partial charge in [0.25, 0.3) is 0 Å². The van der Waals surface area contributed by atoms with E-state index in [1.54, 1.807) is 6.07 Å². The van der Waals surface area contributed by atoms with Gasteiger partial charge < -0.3 is 0 Å². The van der Waals surface area contributed by atoms with E-state index in [2.05, 4.69) is 20.9 Å². The molecule has 1 aromatic heterocycles. The van der Waals surface area contributed by atoms with Gasteiger partial charge in [-0.3, -0.25) is 0 Å². The maximum Gasteiger partial charge on any atom is 0.141 e. The van der Waals surface area contributed by atoms with Gasteiger partial charge in [-0.25, -0.2) is 4.98 Å². The van der Waals surface area contributed by atoms with Crippen molar-refractivity contribution in [2.45, 2.75) is 0 Å². The molecule has 0 aliphatic heterocycles. The molecule has 0 saturated heterocycles. The molecule has 10 heavy (non-hydrogen) atoms. The van der Waals surface area contributed by atoms with Crippen LogP contribution in [0, 0.1) is 11.3 Å². The summed E-state index contributed by atoms with van der Waals surface area (Å²) in [5.74, 6) is 0. The Morgan fingerprint density at radius 1 is 1.70 bits per heavy atom. The highest BCUT2D eigenvalue weighted by Gasteiger charge is 1.97. The fraction of sp³-hybridized carbons (Fsp3) is 0. The van der Waals surface area contributed by atoms with E-state index in [1.165, 1.54) is 6.20 Å². The zero-order valence-corrected chi connectivity index (χ0v) is 7.15. The van der Waals surface area contributed by atoms with E-state index < -0.39 is 0 Å². The number of hydrogen-bond acceptors (Lipinski definition) is 2. The van der Waals surface area contributed by atoms with E-state index in [4.69, 9.17) is 16.9 Å². The third-order valence-corrected chi connectivity index (χ3v) is 2.11. The molecule has 0 N–H and O–H groups in total. The minimum absolute atomic E-state index is 0.358. The molecule has 0 bridgehead atoms. The molecule has 0 atom stereocenters. The predicted octanol–water partition coefficient (Wildman–Crippen LogP) is 2.37. The van der Waals surface area contributed by atoms with Crippen LogP contribution in [0.2, 0.25) is 5.02 Å². The Morgan fingerprint density at radius 2 is 2.40 bits per heavy atom. The first kappa shape index (κ1) is 7.52. The van der Waals surface area contributed by atoms with E-state index in [0.717, 1.165) is 0 Å². The van der Waals surface area contributed by atoms with Gasteiger partial charge in [0.15, 0.2) is 0 Å². The van der Waals surface area contributed by atoms with Crippen molar-refractivity contribution in [2.24, 2.45) is 0 Å². The van der Waals surface area contributed by atoms with Crippen LogP contribution in [-0.4, -0.2) is 4.98 Å². The summed E-state index contributed by atoms with van der Waals surface area (Å²) in [5.41, 5.74) is 0.358. The fourth-order valence-corrected chi connectivity index (χ4v) is 0.898. The molecule has 4 heteroatoms. The number of nitriles is 1. The Hall–Kier alpha value is -0.590. The summed E-state index contributed by atoms with van der Waals surface area (Å²) in [7, 11) is 0. The van der Waals surface area contributed by atoms with Crippen molar-refractivity contribution in [1.29, 1.82) is 5.26 Å². The van der Waals surface area contributed by atoms with Gasteiger partial charge >= 0.3 is 0 Å². The van der Waals surface area contributed by atoms with Gasteiger partial charge in [0.1, 0.15) is 11.8 Å². The largest absolute Gasteiger partial charge is 0.244 e. The lowest BCUT2D eigenvalue weighted by molar-refractivity contribution is 1.25. The van der Waals surface area contributed by atoms with Crippen molar-refractivity contribution < 1.29 is 0 Å². The Balaban J connectivity index is 3.20. The van der Waals surface area contributed by atoms with Crippen LogP contribution in [0.15, 0.2) is 16.7 Å². The van der Waals surface area contributed by atoms with Crippen LogP contribution < -0.4 is 0 Å². The Labute approximate surface area is 71.6 Å². The van der Waals surface area contributed by atoms with Crippen LogP contribution in [0.3, 0.4) is 0 Å². The average molecular weight is 217 g/mol. The fourth-order valence-electron chi connectivity index (χ4n) is 0.475. The SMILES string of the molecule is N#Cc1cc(Br)c(Cl)cn1. The van der Waals surface area contributed by atoms with E-state index >= 15 is 0 Å². The van der Waals surface area contributed by atoms with Crippen molar-refractivity contribution in [3.05, 3.63) is 27.5 Å². The maximum atomic E-state index is 8.38. The van der Waals surface area contributed by atoms with Crippen LogP contribution in [0.5, 0.6) is 0 Å². The van der Waals surface area contributed by atoms with Crippen molar-refractivity contribution in [3.8, 4) is 6.07 Å².